The number of sulfonamides is 1. The number of nitrogens with one attached hydrogen (secondary N) is 1. The average molecular weight is 564 g/mol. The standard InChI is InChI=1S/C31H37N3O5S/c1-23-17-19-25(20-18-23)21-33(24(2)31(36)32-26-11-7-8-12-26)30(35)22-34(28-15-9-10-16-29(28)39-3)40(37,38)27-13-5-4-6-14-27/h4-6,9-10,13-20,24,26H,7-8,11-12,21-22H2,1-3H3,(H,32,36). The zero-order chi connectivity index (χ0) is 28.7. The summed E-state index contributed by atoms with van der Waals surface area (Å²) in [5.74, 6) is -0.436. The molecule has 3 aromatic carbocycles. The van der Waals surface area contributed by atoms with Gasteiger partial charge in [-0.1, -0.05) is 73.0 Å². The van der Waals surface area contributed by atoms with Crippen molar-refractivity contribution < 1.29 is 22.7 Å². The van der Waals surface area contributed by atoms with Crippen molar-refractivity contribution in [3.05, 3.63) is 90.0 Å². The van der Waals surface area contributed by atoms with Gasteiger partial charge >= 0.3 is 0 Å². The van der Waals surface area contributed by atoms with Crippen LogP contribution < -0.4 is 14.4 Å². The van der Waals surface area contributed by atoms with Crippen LogP contribution in [0.2, 0.25) is 0 Å². The topological polar surface area (TPSA) is 96.0 Å². The van der Waals surface area contributed by atoms with Gasteiger partial charge in [0, 0.05) is 12.6 Å². The number of rotatable bonds is 11. The Morgan fingerprint density at radius 1 is 0.950 bits per heavy atom. The molecule has 0 heterocycles. The predicted molar refractivity (Wildman–Crippen MR) is 156 cm³/mol. The summed E-state index contributed by atoms with van der Waals surface area (Å²) in [6.45, 7) is 3.31. The second kappa shape index (κ2) is 13.0. The van der Waals surface area contributed by atoms with E-state index in [1.165, 1.54) is 24.1 Å². The fraction of sp³-hybridized carbons (Fsp3) is 0.355. The van der Waals surface area contributed by atoms with Gasteiger partial charge in [0.1, 0.15) is 18.3 Å². The van der Waals surface area contributed by atoms with Gasteiger partial charge in [0.25, 0.3) is 10.0 Å². The predicted octanol–water partition coefficient (Wildman–Crippen LogP) is 4.68. The maximum atomic E-state index is 14.1. The monoisotopic (exact) mass is 563 g/mol. The van der Waals surface area contributed by atoms with E-state index in [2.05, 4.69) is 5.32 Å². The number of anilines is 1. The van der Waals surface area contributed by atoms with E-state index in [1.54, 1.807) is 49.4 Å². The Labute approximate surface area is 237 Å². The molecule has 1 unspecified atom stereocenters. The van der Waals surface area contributed by atoms with E-state index in [4.69, 9.17) is 4.74 Å². The molecule has 9 heteroatoms. The lowest BCUT2D eigenvalue weighted by atomic mass is 10.1. The third-order valence-electron chi connectivity index (χ3n) is 7.31. The molecule has 1 aliphatic carbocycles. The van der Waals surface area contributed by atoms with Gasteiger partial charge < -0.3 is 15.0 Å². The molecule has 0 bridgehead atoms. The number of aryl methyl sites for hydroxylation is 1. The maximum Gasteiger partial charge on any atom is 0.264 e. The fourth-order valence-electron chi connectivity index (χ4n) is 4.93. The Hall–Kier alpha value is -3.85. The van der Waals surface area contributed by atoms with Gasteiger partial charge in [-0.2, -0.15) is 0 Å². The van der Waals surface area contributed by atoms with E-state index < -0.39 is 28.5 Å². The Kier molecular flexibility index (Phi) is 9.47. The minimum absolute atomic E-state index is 0.0471. The maximum absolute atomic E-state index is 14.1. The van der Waals surface area contributed by atoms with Crippen LogP contribution in [0.3, 0.4) is 0 Å². The van der Waals surface area contributed by atoms with Crippen LogP contribution >= 0.6 is 0 Å². The fourth-order valence-corrected chi connectivity index (χ4v) is 6.38. The summed E-state index contributed by atoms with van der Waals surface area (Å²) in [6, 6.07) is 21.7. The molecule has 8 nitrogen and oxygen atoms in total. The van der Waals surface area contributed by atoms with Crippen LogP contribution in [0, 0.1) is 6.92 Å². The molecule has 0 aromatic heterocycles. The second-order valence-electron chi connectivity index (χ2n) is 10.2. The number of carbonyl (C=O) groups excluding carboxylic acids is 2. The molecular formula is C31H37N3O5S. The van der Waals surface area contributed by atoms with E-state index in [1.807, 2.05) is 31.2 Å². The molecule has 40 heavy (non-hydrogen) atoms. The summed E-state index contributed by atoms with van der Waals surface area (Å²) in [5, 5.41) is 3.08. The lowest BCUT2D eigenvalue weighted by Crippen LogP contribution is -2.52. The molecule has 4 rings (SSSR count). The molecular weight excluding hydrogens is 526 g/mol. The van der Waals surface area contributed by atoms with Crippen molar-refractivity contribution in [3.8, 4) is 5.75 Å². The third kappa shape index (κ3) is 6.83. The van der Waals surface area contributed by atoms with Crippen LogP contribution in [-0.2, 0) is 26.2 Å². The lowest BCUT2D eigenvalue weighted by molar-refractivity contribution is -0.139. The molecule has 3 aromatic rings. The van der Waals surface area contributed by atoms with Gasteiger partial charge in [-0.15, -0.1) is 0 Å². The highest BCUT2D eigenvalue weighted by molar-refractivity contribution is 7.92. The summed E-state index contributed by atoms with van der Waals surface area (Å²) in [7, 11) is -2.70. The van der Waals surface area contributed by atoms with Gasteiger partial charge in [-0.25, -0.2) is 8.42 Å². The highest BCUT2D eigenvalue weighted by Crippen LogP contribution is 2.32. The van der Waals surface area contributed by atoms with Crippen LogP contribution in [-0.4, -0.2) is 50.9 Å². The van der Waals surface area contributed by atoms with E-state index >= 15 is 0 Å². The van der Waals surface area contributed by atoms with Gasteiger partial charge in [-0.3, -0.25) is 13.9 Å². The van der Waals surface area contributed by atoms with Crippen molar-refractivity contribution in [2.75, 3.05) is 18.0 Å². The minimum Gasteiger partial charge on any atom is -0.495 e. The first kappa shape index (κ1) is 29.1. The lowest BCUT2D eigenvalue weighted by Gasteiger charge is -2.32. The van der Waals surface area contributed by atoms with Crippen molar-refractivity contribution >= 4 is 27.5 Å². The van der Waals surface area contributed by atoms with Crippen LogP contribution in [0.1, 0.15) is 43.7 Å². The van der Waals surface area contributed by atoms with Gasteiger partial charge in [0.05, 0.1) is 17.7 Å². The molecule has 1 N–H and O–H groups in total. The van der Waals surface area contributed by atoms with Crippen LogP contribution in [0.15, 0.2) is 83.8 Å². The molecule has 0 radical (unpaired) electrons. The number of nitrogens with zero attached hydrogens (tertiary/aromatic N) is 2. The van der Waals surface area contributed by atoms with Crippen molar-refractivity contribution in [1.29, 1.82) is 0 Å². The largest absolute Gasteiger partial charge is 0.495 e. The van der Waals surface area contributed by atoms with Crippen molar-refractivity contribution in [2.24, 2.45) is 0 Å². The zero-order valence-electron chi connectivity index (χ0n) is 23.2. The third-order valence-corrected chi connectivity index (χ3v) is 9.08. The van der Waals surface area contributed by atoms with Gasteiger partial charge in [-0.05, 0) is 56.5 Å². The highest BCUT2D eigenvalue weighted by Gasteiger charge is 2.34. The molecule has 1 atom stereocenters. The minimum atomic E-state index is -4.15. The quantitative estimate of drug-likeness (QED) is 0.366. The average Bonchev–Trinajstić information content (AvgIpc) is 3.48. The number of hydrogen-bond donors (Lipinski definition) is 1. The van der Waals surface area contributed by atoms with Gasteiger partial charge in [0.15, 0.2) is 0 Å². The second-order valence-corrected chi connectivity index (χ2v) is 12.0. The molecule has 1 fully saturated rings. The number of ether oxygens (including phenoxy) is 1. The van der Waals surface area contributed by atoms with Crippen molar-refractivity contribution in [3.63, 3.8) is 0 Å². The first-order valence-electron chi connectivity index (χ1n) is 13.6. The molecule has 0 spiro atoms. The van der Waals surface area contributed by atoms with Crippen LogP contribution in [0.25, 0.3) is 0 Å². The molecule has 212 valence electrons. The molecule has 0 saturated heterocycles. The van der Waals surface area contributed by atoms with Crippen LogP contribution in [0.4, 0.5) is 5.69 Å². The Morgan fingerprint density at radius 3 is 2.23 bits per heavy atom. The van der Waals surface area contributed by atoms with Crippen molar-refractivity contribution in [1.82, 2.24) is 10.2 Å². The summed E-state index contributed by atoms with van der Waals surface area (Å²) < 4.78 is 34.4. The molecule has 2 amide bonds. The first-order valence-corrected chi connectivity index (χ1v) is 15.0. The number of benzene rings is 3. The molecule has 1 saturated carbocycles. The Bertz CT molecular complexity index is 1400. The summed E-state index contributed by atoms with van der Waals surface area (Å²) in [6.07, 6.45) is 3.97. The number of para-hydroxylation sites is 2. The molecule has 0 aliphatic heterocycles. The highest BCUT2D eigenvalue weighted by atomic mass is 32.2. The van der Waals surface area contributed by atoms with Gasteiger partial charge in [0.2, 0.25) is 11.8 Å². The van der Waals surface area contributed by atoms with E-state index in [-0.39, 0.29) is 29.1 Å². The number of hydrogen-bond acceptors (Lipinski definition) is 5. The van der Waals surface area contributed by atoms with E-state index in [0.29, 0.717) is 5.75 Å². The summed E-state index contributed by atoms with van der Waals surface area (Å²) in [5.41, 5.74) is 2.15. The SMILES string of the molecule is COc1ccccc1N(CC(=O)N(Cc1ccc(C)cc1)C(C)C(=O)NC1CCCC1)S(=O)(=O)c1ccccc1. The van der Waals surface area contributed by atoms with E-state index in [0.717, 1.165) is 41.1 Å². The van der Waals surface area contributed by atoms with E-state index in [9.17, 15) is 18.0 Å². The Balaban J connectivity index is 1.70. The zero-order valence-corrected chi connectivity index (χ0v) is 24.1. The smallest absolute Gasteiger partial charge is 0.264 e. The Morgan fingerprint density at radius 2 is 1.57 bits per heavy atom. The summed E-state index contributed by atoms with van der Waals surface area (Å²) >= 11 is 0. The molecule has 1 aliphatic rings. The number of methoxy groups -OCH3 is 1. The normalized spacial score (nSPS) is 14.4. The van der Waals surface area contributed by atoms with Crippen molar-refractivity contribution in [2.45, 2.75) is 63.1 Å². The number of carbonyl (C=O) groups is 2. The summed E-state index contributed by atoms with van der Waals surface area (Å²) in [4.78, 5) is 28.9. The number of amides is 2. The van der Waals surface area contributed by atoms with Crippen LogP contribution in [0.5, 0.6) is 5.75 Å². The first-order chi connectivity index (χ1) is 19.2.